The largest absolute Gasteiger partial charge is 0.503 e. The number of amides is 1. The second-order valence-corrected chi connectivity index (χ2v) is 8.11. The number of Topliss-reactive ketones (excluding diaryl/α,β-unsaturated/α-hetero) is 1. The van der Waals surface area contributed by atoms with Crippen LogP contribution in [0, 0.1) is 0 Å². The molecule has 0 fully saturated rings. The quantitative estimate of drug-likeness (QED) is 0.362. The van der Waals surface area contributed by atoms with Gasteiger partial charge in [0.05, 0.1) is 18.2 Å². The average molecular weight is 475 g/mol. The fraction of sp³-hybridized carbons (Fsp3) is 0.115. The highest BCUT2D eigenvalue weighted by Gasteiger charge is 2.45. The summed E-state index contributed by atoms with van der Waals surface area (Å²) in [4.78, 5) is 32.3. The summed E-state index contributed by atoms with van der Waals surface area (Å²) in [5.41, 5.74) is 1.44. The van der Waals surface area contributed by atoms with Crippen molar-refractivity contribution < 1.29 is 23.8 Å². The number of ketones is 1. The standard InChI is InChI=1S/C26H19ClN2O5/c1-2-33-19-8-6-18(7-9-19)29-23(15-4-3-11-28-14-15)22(25(31)26(29)32)24(30)21-13-16-12-17(27)5-10-20(16)34-21/h3-14,23,31H,2H2,1H3. The van der Waals surface area contributed by atoms with Crippen molar-refractivity contribution in [3.05, 3.63) is 101 Å². The van der Waals surface area contributed by atoms with Crippen LogP contribution >= 0.6 is 11.6 Å². The molecule has 8 heteroatoms. The number of pyridine rings is 1. The van der Waals surface area contributed by atoms with Gasteiger partial charge in [0.2, 0.25) is 5.78 Å². The molecule has 0 radical (unpaired) electrons. The van der Waals surface area contributed by atoms with Crippen LogP contribution in [0.3, 0.4) is 0 Å². The third kappa shape index (κ3) is 3.70. The molecule has 1 unspecified atom stereocenters. The van der Waals surface area contributed by atoms with Gasteiger partial charge in [-0.3, -0.25) is 19.5 Å². The van der Waals surface area contributed by atoms with Gasteiger partial charge in [-0.15, -0.1) is 0 Å². The van der Waals surface area contributed by atoms with Gasteiger partial charge < -0.3 is 14.3 Å². The number of ether oxygens (including phenoxy) is 1. The maximum atomic E-state index is 13.6. The van der Waals surface area contributed by atoms with E-state index < -0.39 is 23.5 Å². The number of hydrogen-bond donors (Lipinski definition) is 1. The molecule has 34 heavy (non-hydrogen) atoms. The Hall–Kier alpha value is -4.10. The van der Waals surface area contributed by atoms with Crippen LogP contribution < -0.4 is 9.64 Å². The number of aliphatic hydroxyl groups is 1. The van der Waals surface area contributed by atoms with E-state index in [0.29, 0.717) is 39.6 Å². The molecule has 1 N–H and O–H groups in total. The molecule has 1 aliphatic rings. The van der Waals surface area contributed by atoms with Gasteiger partial charge in [-0.25, -0.2) is 0 Å². The molecule has 0 aliphatic carbocycles. The van der Waals surface area contributed by atoms with Gasteiger partial charge in [0.1, 0.15) is 11.3 Å². The highest BCUT2D eigenvalue weighted by atomic mass is 35.5. The second kappa shape index (κ2) is 8.68. The highest BCUT2D eigenvalue weighted by molar-refractivity contribution is 6.31. The van der Waals surface area contributed by atoms with E-state index in [4.69, 9.17) is 20.8 Å². The van der Waals surface area contributed by atoms with E-state index in [2.05, 4.69) is 4.98 Å². The Morgan fingerprint density at radius 2 is 1.97 bits per heavy atom. The van der Waals surface area contributed by atoms with Gasteiger partial charge in [-0.2, -0.15) is 0 Å². The molecule has 0 bridgehead atoms. The number of hydrogen-bond acceptors (Lipinski definition) is 6. The summed E-state index contributed by atoms with van der Waals surface area (Å²) in [5.74, 6) is -1.29. The molecular weight excluding hydrogens is 456 g/mol. The molecule has 0 saturated carbocycles. The van der Waals surface area contributed by atoms with E-state index >= 15 is 0 Å². The van der Waals surface area contributed by atoms with Crippen LogP contribution in [0.5, 0.6) is 5.75 Å². The van der Waals surface area contributed by atoms with Gasteiger partial charge >= 0.3 is 0 Å². The van der Waals surface area contributed by atoms with Crippen LogP contribution in [0.25, 0.3) is 11.0 Å². The molecule has 0 saturated heterocycles. The van der Waals surface area contributed by atoms with Gasteiger partial charge in [-0.05, 0) is 67.1 Å². The van der Waals surface area contributed by atoms with Gasteiger partial charge in [0, 0.05) is 28.5 Å². The Morgan fingerprint density at radius 3 is 2.68 bits per heavy atom. The molecule has 1 atom stereocenters. The van der Waals surface area contributed by atoms with Crippen LogP contribution in [-0.2, 0) is 4.79 Å². The fourth-order valence-corrected chi connectivity index (χ4v) is 4.27. The van der Waals surface area contributed by atoms with Gasteiger partial charge in [0.15, 0.2) is 11.5 Å². The molecule has 1 amide bonds. The van der Waals surface area contributed by atoms with Crippen LogP contribution in [0.2, 0.25) is 5.02 Å². The molecule has 5 rings (SSSR count). The molecule has 3 heterocycles. The molecule has 4 aromatic rings. The van der Waals surface area contributed by atoms with Crippen molar-refractivity contribution in [2.24, 2.45) is 0 Å². The monoisotopic (exact) mass is 474 g/mol. The molecule has 2 aromatic carbocycles. The van der Waals surface area contributed by atoms with Crippen molar-refractivity contribution in [3.63, 3.8) is 0 Å². The number of carbonyl (C=O) groups excluding carboxylic acids is 2. The average Bonchev–Trinajstić information content (AvgIpc) is 3.38. The predicted molar refractivity (Wildman–Crippen MR) is 127 cm³/mol. The predicted octanol–water partition coefficient (Wildman–Crippen LogP) is 5.66. The first-order valence-electron chi connectivity index (χ1n) is 10.6. The summed E-state index contributed by atoms with van der Waals surface area (Å²) in [6.07, 6.45) is 3.15. The SMILES string of the molecule is CCOc1ccc(N2C(=O)C(O)=C(C(=O)c3cc4cc(Cl)ccc4o3)C2c2cccnc2)cc1. The van der Waals surface area contributed by atoms with E-state index in [1.807, 2.05) is 6.92 Å². The zero-order valence-electron chi connectivity index (χ0n) is 18.1. The first-order chi connectivity index (χ1) is 16.5. The molecule has 0 spiro atoms. The Balaban J connectivity index is 1.61. The molecule has 1 aliphatic heterocycles. The minimum absolute atomic E-state index is 0.00551. The summed E-state index contributed by atoms with van der Waals surface area (Å²) >= 11 is 6.05. The van der Waals surface area contributed by atoms with Gasteiger partial charge in [0.25, 0.3) is 5.91 Å². The number of aliphatic hydroxyl groups excluding tert-OH is 1. The topological polar surface area (TPSA) is 92.9 Å². The first kappa shape index (κ1) is 21.7. The number of fused-ring (bicyclic) bond motifs is 1. The number of nitrogens with zero attached hydrogens (tertiary/aromatic N) is 2. The van der Waals surface area contributed by atoms with Crippen molar-refractivity contribution in [3.8, 4) is 5.75 Å². The van der Waals surface area contributed by atoms with Crippen LogP contribution in [-0.4, -0.2) is 28.4 Å². The second-order valence-electron chi connectivity index (χ2n) is 7.68. The molecular formula is C26H19ClN2O5. The highest BCUT2D eigenvalue weighted by Crippen LogP contribution is 2.42. The maximum absolute atomic E-state index is 13.6. The Kier molecular flexibility index (Phi) is 5.55. The van der Waals surface area contributed by atoms with Crippen molar-refractivity contribution in [2.75, 3.05) is 11.5 Å². The number of benzene rings is 2. The molecule has 2 aromatic heterocycles. The lowest BCUT2D eigenvalue weighted by atomic mass is 9.96. The van der Waals surface area contributed by atoms with Crippen LogP contribution in [0.15, 0.2) is 88.8 Å². The van der Waals surface area contributed by atoms with Crippen LogP contribution in [0.1, 0.15) is 29.1 Å². The lowest BCUT2D eigenvalue weighted by molar-refractivity contribution is -0.117. The number of carbonyl (C=O) groups is 2. The summed E-state index contributed by atoms with van der Waals surface area (Å²) in [6.45, 7) is 2.38. The number of halogens is 1. The zero-order chi connectivity index (χ0) is 23.8. The third-order valence-electron chi connectivity index (χ3n) is 5.58. The smallest absolute Gasteiger partial charge is 0.294 e. The van der Waals surface area contributed by atoms with E-state index in [9.17, 15) is 14.7 Å². The Labute approximate surface area is 199 Å². The summed E-state index contributed by atoms with van der Waals surface area (Å²) in [7, 11) is 0. The summed E-state index contributed by atoms with van der Waals surface area (Å²) < 4.78 is 11.2. The molecule has 7 nitrogen and oxygen atoms in total. The van der Waals surface area contributed by atoms with Crippen molar-refractivity contribution >= 4 is 39.9 Å². The lowest BCUT2D eigenvalue weighted by Crippen LogP contribution is -2.31. The van der Waals surface area contributed by atoms with Gasteiger partial charge in [-0.1, -0.05) is 17.7 Å². The number of rotatable bonds is 6. The lowest BCUT2D eigenvalue weighted by Gasteiger charge is -2.26. The first-order valence-corrected chi connectivity index (χ1v) is 11.0. The summed E-state index contributed by atoms with van der Waals surface area (Å²) in [5, 5.41) is 12.0. The number of anilines is 1. The molecule has 170 valence electrons. The minimum Gasteiger partial charge on any atom is -0.503 e. The van der Waals surface area contributed by atoms with Crippen molar-refractivity contribution in [1.82, 2.24) is 4.98 Å². The minimum atomic E-state index is -0.900. The maximum Gasteiger partial charge on any atom is 0.294 e. The Morgan fingerprint density at radius 1 is 1.18 bits per heavy atom. The van der Waals surface area contributed by atoms with E-state index in [1.54, 1.807) is 73.1 Å². The van der Waals surface area contributed by atoms with Crippen molar-refractivity contribution in [1.29, 1.82) is 0 Å². The fourth-order valence-electron chi connectivity index (χ4n) is 4.09. The van der Waals surface area contributed by atoms with E-state index in [0.717, 1.165) is 0 Å². The van der Waals surface area contributed by atoms with E-state index in [-0.39, 0.29) is 11.3 Å². The van der Waals surface area contributed by atoms with Crippen LogP contribution in [0.4, 0.5) is 5.69 Å². The Bertz CT molecular complexity index is 1430. The number of furan rings is 1. The summed E-state index contributed by atoms with van der Waals surface area (Å²) in [6, 6.07) is 16.0. The zero-order valence-corrected chi connectivity index (χ0v) is 18.8. The normalized spacial score (nSPS) is 15.9. The van der Waals surface area contributed by atoms with E-state index in [1.165, 1.54) is 4.90 Å². The third-order valence-corrected chi connectivity index (χ3v) is 5.82. The number of aromatic nitrogens is 1. The van der Waals surface area contributed by atoms with Crippen molar-refractivity contribution in [2.45, 2.75) is 13.0 Å².